The van der Waals surface area contributed by atoms with E-state index in [2.05, 4.69) is 14.7 Å². The van der Waals surface area contributed by atoms with Gasteiger partial charge in [-0.2, -0.15) is 0 Å². The van der Waals surface area contributed by atoms with Crippen LogP contribution in [0.1, 0.15) is 18.4 Å². The lowest BCUT2D eigenvalue weighted by atomic mass is 10.2. The molecule has 28 heavy (non-hydrogen) atoms. The molecule has 146 valence electrons. The predicted molar refractivity (Wildman–Crippen MR) is 106 cm³/mol. The Morgan fingerprint density at radius 2 is 1.82 bits per heavy atom. The van der Waals surface area contributed by atoms with Crippen LogP contribution < -0.4 is 9.46 Å². The van der Waals surface area contributed by atoms with Gasteiger partial charge < -0.3 is 9.47 Å². The van der Waals surface area contributed by atoms with Crippen LogP contribution in [0.5, 0.6) is 5.88 Å². The summed E-state index contributed by atoms with van der Waals surface area (Å²) in [5, 5.41) is 0. The number of hydrogen-bond acceptors (Lipinski definition) is 6. The fraction of sp³-hybridized carbons (Fsp3) is 0.300. The van der Waals surface area contributed by atoms with Crippen molar-refractivity contribution in [2.45, 2.75) is 30.8 Å². The summed E-state index contributed by atoms with van der Waals surface area (Å²) in [7, 11) is -3.84. The molecule has 1 N–H and O–H groups in total. The summed E-state index contributed by atoms with van der Waals surface area (Å²) >= 11 is 0. The molecule has 1 aromatic heterocycles. The van der Waals surface area contributed by atoms with Gasteiger partial charge in [-0.15, -0.1) is 0 Å². The lowest BCUT2D eigenvalue weighted by molar-refractivity contribution is 0.0666. The fourth-order valence-electron chi connectivity index (χ4n) is 3.14. The molecule has 0 amide bonds. The maximum atomic E-state index is 12.9. The third kappa shape index (κ3) is 3.93. The van der Waals surface area contributed by atoms with E-state index in [1.165, 1.54) is 0 Å². The zero-order chi connectivity index (χ0) is 19.6. The van der Waals surface area contributed by atoms with Gasteiger partial charge in [-0.1, -0.05) is 30.3 Å². The minimum absolute atomic E-state index is 0.0194. The first-order valence-electron chi connectivity index (χ1n) is 9.12. The van der Waals surface area contributed by atoms with Gasteiger partial charge in [0.15, 0.2) is 0 Å². The molecule has 1 atom stereocenters. The lowest BCUT2D eigenvalue weighted by Gasteiger charge is -2.15. The van der Waals surface area contributed by atoms with Crippen LogP contribution in [0.3, 0.4) is 0 Å². The zero-order valence-corrected chi connectivity index (χ0v) is 16.3. The number of nitrogens with one attached hydrogen (secondary N) is 1. The van der Waals surface area contributed by atoms with Crippen LogP contribution in [0, 0.1) is 6.92 Å². The smallest absolute Gasteiger partial charge is 0.263 e. The molecule has 4 rings (SSSR count). The molecule has 0 aliphatic carbocycles. The second kappa shape index (κ2) is 7.73. The minimum atomic E-state index is -3.84. The van der Waals surface area contributed by atoms with Crippen molar-refractivity contribution in [2.24, 2.45) is 0 Å². The first kappa shape index (κ1) is 18.6. The molecular formula is C20H21N3O4S. The maximum absolute atomic E-state index is 12.9. The van der Waals surface area contributed by atoms with E-state index < -0.39 is 10.0 Å². The van der Waals surface area contributed by atoms with Crippen molar-refractivity contribution in [1.29, 1.82) is 0 Å². The van der Waals surface area contributed by atoms with Gasteiger partial charge in [0, 0.05) is 6.61 Å². The summed E-state index contributed by atoms with van der Waals surface area (Å²) in [4.78, 5) is 9.10. The fourth-order valence-corrected chi connectivity index (χ4v) is 4.39. The topological polar surface area (TPSA) is 90.4 Å². The Morgan fingerprint density at radius 1 is 1.11 bits per heavy atom. The van der Waals surface area contributed by atoms with Crippen molar-refractivity contribution >= 4 is 26.9 Å². The Balaban J connectivity index is 1.69. The number of ether oxygens (including phenoxy) is 2. The van der Waals surface area contributed by atoms with Gasteiger partial charge in [0.2, 0.25) is 5.82 Å². The summed E-state index contributed by atoms with van der Waals surface area (Å²) in [6.45, 7) is 2.76. The Morgan fingerprint density at radius 3 is 2.54 bits per heavy atom. The highest BCUT2D eigenvalue weighted by atomic mass is 32.2. The summed E-state index contributed by atoms with van der Waals surface area (Å²) < 4.78 is 39.8. The van der Waals surface area contributed by atoms with Gasteiger partial charge in [-0.25, -0.2) is 18.4 Å². The van der Waals surface area contributed by atoms with Crippen LogP contribution in [0.2, 0.25) is 0 Å². The van der Waals surface area contributed by atoms with Crippen molar-refractivity contribution in [1.82, 2.24) is 9.97 Å². The Kier molecular flexibility index (Phi) is 5.15. The van der Waals surface area contributed by atoms with E-state index >= 15 is 0 Å². The normalized spacial score (nSPS) is 17.0. The molecule has 1 aliphatic rings. The number of sulfonamides is 1. The highest BCUT2D eigenvalue weighted by molar-refractivity contribution is 7.92. The number of aryl methyl sites for hydroxylation is 1. The molecule has 7 nitrogen and oxygen atoms in total. The number of rotatable bonds is 6. The number of benzene rings is 2. The predicted octanol–water partition coefficient (Wildman–Crippen LogP) is 3.30. The number of para-hydroxylation sites is 2. The van der Waals surface area contributed by atoms with E-state index in [4.69, 9.17) is 9.47 Å². The second-order valence-corrected chi connectivity index (χ2v) is 8.33. The maximum Gasteiger partial charge on any atom is 0.263 e. The molecule has 0 spiro atoms. The van der Waals surface area contributed by atoms with Crippen LogP contribution in [0.25, 0.3) is 11.0 Å². The third-order valence-electron chi connectivity index (χ3n) is 4.58. The van der Waals surface area contributed by atoms with Crippen molar-refractivity contribution in [3.8, 4) is 5.88 Å². The summed E-state index contributed by atoms with van der Waals surface area (Å²) in [6.07, 6.45) is 1.88. The lowest BCUT2D eigenvalue weighted by Crippen LogP contribution is -2.20. The number of anilines is 1. The molecule has 8 heteroatoms. The monoisotopic (exact) mass is 399 g/mol. The standard InChI is InChI=1S/C20H21N3O4S/c1-14-7-2-5-11-18(14)28(24,25)23-19-20(27-13-15-8-6-12-26-15)22-17-10-4-3-9-16(17)21-19/h2-5,7,9-11,15H,6,8,12-13H2,1H3,(H,21,23). The van der Waals surface area contributed by atoms with E-state index in [0.29, 0.717) is 29.8 Å². The van der Waals surface area contributed by atoms with Crippen molar-refractivity contribution in [3.63, 3.8) is 0 Å². The van der Waals surface area contributed by atoms with Crippen molar-refractivity contribution in [3.05, 3.63) is 54.1 Å². The van der Waals surface area contributed by atoms with Gasteiger partial charge in [0.25, 0.3) is 15.9 Å². The first-order valence-corrected chi connectivity index (χ1v) is 10.6. The quantitative estimate of drug-likeness (QED) is 0.684. The summed E-state index contributed by atoms with van der Waals surface area (Å²) in [5.74, 6) is 0.214. The number of hydrogen-bond donors (Lipinski definition) is 1. The molecule has 1 saturated heterocycles. The molecule has 1 fully saturated rings. The molecule has 0 saturated carbocycles. The van der Waals surface area contributed by atoms with Gasteiger partial charge in [-0.3, -0.25) is 4.72 Å². The van der Waals surface area contributed by atoms with E-state index in [1.807, 2.05) is 12.1 Å². The highest BCUT2D eigenvalue weighted by Gasteiger charge is 2.23. The molecule has 0 bridgehead atoms. The van der Waals surface area contributed by atoms with Gasteiger partial charge in [0.1, 0.15) is 6.61 Å². The van der Waals surface area contributed by atoms with Crippen LogP contribution in [0.4, 0.5) is 5.82 Å². The van der Waals surface area contributed by atoms with Gasteiger partial charge in [-0.05, 0) is 43.5 Å². The number of aromatic nitrogens is 2. The van der Waals surface area contributed by atoms with Gasteiger partial charge in [0.05, 0.1) is 22.0 Å². The molecule has 1 aliphatic heterocycles. The zero-order valence-electron chi connectivity index (χ0n) is 15.5. The summed E-state index contributed by atoms with van der Waals surface area (Å²) in [5.41, 5.74) is 1.85. The van der Waals surface area contributed by atoms with Crippen LogP contribution in [-0.4, -0.2) is 37.7 Å². The molecule has 2 aromatic carbocycles. The number of nitrogens with zero attached hydrogens (tertiary/aromatic N) is 2. The third-order valence-corrected chi connectivity index (χ3v) is 6.08. The van der Waals surface area contributed by atoms with E-state index in [-0.39, 0.29) is 22.7 Å². The largest absolute Gasteiger partial charge is 0.472 e. The van der Waals surface area contributed by atoms with Crippen molar-refractivity contribution in [2.75, 3.05) is 17.9 Å². The molecule has 2 heterocycles. The highest BCUT2D eigenvalue weighted by Crippen LogP contribution is 2.27. The SMILES string of the molecule is Cc1ccccc1S(=O)(=O)Nc1nc2ccccc2nc1OCC1CCCO1. The Labute approximate surface area is 163 Å². The van der Waals surface area contributed by atoms with E-state index in [9.17, 15) is 8.42 Å². The number of fused-ring (bicyclic) bond motifs is 1. The van der Waals surface area contributed by atoms with Crippen LogP contribution in [-0.2, 0) is 14.8 Å². The molecule has 3 aromatic rings. The van der Waals surface area contributed by atoms with Crippen LogP contribution in [0.15, 0.2) is 53.4 Å². The average molecular weight is 399 g/mol. The first-order chi connectivity index (χ1) is 13.5. The molecule has 0 radical (unpaired) electrons. The molecule has 1 unspecified atom stereocenters. The Bertz CT molecular complexity index is 1100. The van der Waals surface area contributed by atoms with Crippen molar-refractivity contribution < 1.29 is 17.9 Å². The Hall–Kier alpha value is -2.71. The average Bonchev–Trinajstić information content (AvgIpc) is 3.20. The van der Waals surface area contributed by atoms with Crippen LogP contribution >= 0.6 is 0 Å². The van der Waals surface area contributed by atoms with E-state index in [0.717, 1.165) is 12.8 Å². The minimum Gasteiger partial charge on any atom is -0.472 e. The van der Waals surface area contributed by atoms with Gasteiger partial charge >= 0.3 is 0 Å². The second-order valence-electron chi connectivity index (χ2n) is 6.68. The van der Waals surface area contributed by atoms with E-state index in [1.54, 1.807) is 43.3 Å². The summed E-state index contributed by atoms with van der Waals surface area (Å²) in [6, 6.07) is 14.0. The molecular weight excluding hydrogens is 378 g/mol.